The fourth-order valence-corrected chi connectivity index (χ4v) is 3.92. The Balaban J connectivity index is 3.12. The molecular weight excluding hydrogens is 305 g/mol. The van der Waals surface area contributed by atoms with Crippen LogP contribution in [0, 0.1) is 21.8 Å². The van der Waals surface area contributed by atoms with Crippen LogP contribution in [0.25, 0.3) is 0 Å². The first kappa shape index (κ1) is 17.0. The standard InChI is InChI=1S/C12H14FNO6S/c1-7(2)11(12(15)16)21(19,20)6-8-3-4-10(14(17)18)9(13)5-8/h3-5,7,11H,6H2,1-2H3,(H,15,16). The normalized spacial score (nSPS) is 13.1. The number of hydrogen-bond donors (Lipinski definition) is 1. The van der Waals surface area contributed by atoms with Crippen molar-refractivity contribution < 1.29 is 27.6 Å². The van der Waals surface area contributed by atoms with Gasteiger partial charge in [-0.25, -0.2) is 8.42 Å². The van der Waals surface area contributed by atoms with Crippen molar-refractivity contribution in [2.75, 3.05) is 0 Å². The van der Waals surface area contributed by atoms with E-state index in [1.54, 1.807) is 0 Å². The van der Waals surface area contributed by atoms with Crippen molar-refractivity contribution in [3.05, 3.63) is 39.7 Å². The van der Waals surface area contributed by atoms with Crippen molar-refractivity contribution in [1.82, 2.24) is 0 Å². The molecule has 0 fully saturated rings. The van der Waals surface area contributed by atoms with Crippen LogP contribution in [0.2, 0.25) is 0 Å². The number of hydrogen-bond acceptors (Lipinski definition) is 5. The zero-order valence-electron chi connectivity index (χ0n) is 11.3. The number of halogens is 1. The third kappa shape index (κ3) is 3.97. The SMILES string of the molecule is CC(C)C(C(=O)O)S(=O)(=O)Cc1ccc([N+](=O)[O-])c(F)c1. The van der Waals surface area contributed by atoms with Gasteiger partial charge >= 0.3 is 11.7 Å². The third-order valence-electron chi connectivity index (χ3n) is 2.81. The lowest BCUT2D eigenvalue weighted by Gasteiger charge is -2.16. The molecular formula is C12H14FNO6S. The Morgan fingerprint density at radius 3 is 2.38 bits per heavy atom. The van der Waals surface area contributed by atoms with Gasteiger partial charge in [-0.05, 0) is 17.5 Å². The molecule has 0 spiro atoms. The van der Waals surface area contributed by atoms with Gasteiger partial charge in [-0.3, -0.25) is 14.9 Å². The summed E-state index contributed by atoms with van der Waals surface area (Å²) < 4.78 is 37.6. The van der Waals surface area contributed by atoms with Gasteiger partial charge in [0.05, 0.1) is 10.7 Å². The van der Waals surface area contributed by atoms with E-state index >= 15 is 0 Å². The average molecular weight is 319 g/mol. The number of aliphatic carboxylic acids is 1. The monoisotopic (exact) mass is 319 g/mol. The predicted molar refractivity (Wildman–Crippen MR) is 71.9 cm³/mol. The van der Waals surface area contributed by atoms with Crippen LogP contribution in [-0.4, -0.2) is 29.7 Å². The van der Waals surface area contributed by atoms with Crippen molar-refractivity contribution in [3.8, 4) is 0 Å². The fourth-order valence-electron chi connectivity index (χ4n) is 1.96. The molecule has 0 amide bonds. The highest BCUT2D eigenvalue weighted by Gasteiger charge is 2.35. The maximum absolute atomic E-state index is 13.4. The van der Waals surface area contributed by atoms with Crippen LogP contribution in [0.5, 0.6) is 0 Å². The molecule has 0 aliphatic heterocycles. The highest BCUT2D eigenvalue weighted by molar-refractivity contribution is 7.92. The zero-order valence-corrected chi connectivity index (χ0v) is 12.1. The Kier molecular flexibility index (Phi) is 5.00. The van der Waals surface area contributed by atoms with Crippen molar-refractivity contribution in [2.45, 2.75) is 24.9 Å². The Bertz CT molecular complexity index is 670. The molecule has 9 heteroatoms. The molecule has 0 radical (unpaired) electrons. The van der Waals surface area contributed by atoms with Crippen LogP contribution in [0.1, 0.15) is 19.4 Å². The second-order valence-corrected chi connectivity index (χ2v) is 6.98. The molecule has 0 saturated heterocycles. The topological polar surface area (TPSA) is 115 Å². The van der Waals surface area contributed by atoms with Crippen molar-refractivity contribution in [2.24, 2.45) is 5.92 Å². The minimum Gasteiger partial charge on any atom is -0.480 e. The molecule has 1 unspecified atom stereocenters. The summed E-state index contributed by atoms with van der Waals surface area (Å²) in [6, 6.07) is 2.68. The van der Waals surface area contributed by atoms with Crippen molar-refractivity contribution in [1.29, 1.82) is 0 Å². The molecule has 0 aliphatic carbocycles. The lowest BCUT2D eigenvalue weighted by atomic mass is 10.1. The Morgan fingerprint density at radius 2 is 2.00 bits per heavy atom. The summed E-state index contributed by atoms with van der Waals surface area (Å²) >= 11 is 0. The van der Waals surface area contributed by atoms with Gasteiger partial charge in [0.25, 0.3) is 0 Å². The Morgan fingerprint density at radius 1 is 1.43 bits per heavy atom. The van der Waals surface area contributed by atoms with Gasteiger partial charge in [0.15, 0.2) is 15.1 Å². The second kappa shape index (κ2) is 6.17. The van der Waals surface area contributed by atoms with E-state index in [1.807, 2.05) is 0 Å². The molecule has 116 valence electrons. The number of rotatable bonds is 6. The van der Waals surface area contributed by atoms with Gasteiger partial charge in [-0.2, -0.15) is 4.39 Å². The molecule has 1 N–H and O–H groups in total. The van der Waals surface area contributed by atoms with Crippen LogP contribution < -0.4 is 0 Å². The zero-order chi connectivity index (χ0) is 16.4. The quantitative estimate of drug-likeness (QED) is 0.631. The van der Waals surface area contributed by atoms with Crippen LogP contribution in [-0.2, 0) is 20.4 Å². The van der Waals surface area contributed by atoms with E-state index in [0.29, 0.717) is 0 Å². The van der Waals surface area contributed by atoms with Gasteiger partial charge in [-0.1, -0.05) is 19.9 Å². The molecule has 1 aromatic rings. The van der Waals surface area contributed by atoms with Crippen molar-refractivity contribution >= 4 is 21.5 Å². The van der Waals surface area contributed by atoms with Crippen LogP contribution >= 0.6 is 0 Å². The summed E-state index contributed by atoms with van der Waals surface area (Å²) in [6.07, 6.45) is 0. The number of carboxylic acid groups (broad SMARTS) is 1. The first-order valence-corrected chi connectivity index (χ1v) is 7.65. The van der Waals surface area contributed by atoms with Crippen LogP contribution in [0.4, 0.5) is 10.1 Å². The molecule has 0 aliphatic rings. The third-order valence-corrected chi connectivity index (χ3v) is 5.07. The highest BCUT2D eigenvalue weighted by atomic mass is 32.2. The molecule has 1 aromatic carbocycles. The summed E-state index contributed by atoms with van der Waals surface area (Å²) in [5, 5.41) is 17.8. The first-order valence-electron chi connectivity index (χ1n) is 5.93. The molecule has 7 nitrogen and oxygen atoms in total. The summed E-state index contributed by atoms with van der Waals surface area (Å²) in [5.41, 5.74) is -0.806. The lowest BCUT2D eigenvalue weighted by molar-refractivity contribution is -0.387. The van der Waals surface area contributed by atoms with Gasteiger partial charge in [-0.15, -0.1) is 0 Å². The highest BCUT2D eigenvalue weighted by Crippen LogP contribution is 2.22. The van der Waals surface area contributed by atoms with Gasteiger partial charge in [0.1, 0.15) is 0 Å². The molecule has 0 bridgehead atoms. The molecule has 21 heavy (non-hydrogen) atoms. The van der Waals surface area contributed by atoms with Crippen molar-refractivity contribution in [3.63, 3.8) is 0 Å². The minimum absolute atomic E-state index is 0.0370. The average Bonchev–Trinajstić information content (AvgIpc) is 2.25. The first-order chi connectivity index (χ1) is 9.56. The molecule has 0 heterocycles. The lowest BCUT2D eigenvalue weighted by Crippen LogP contribution is -2.35. The number of sulfone groups is 1. The number of nitro groups is 1. The van der Waals surface area contributed by atoms with E-state index in [1.165, 1.54) is 13.8 Å². The van der Waals surface area contributed by atoms with Gasteiger partial charge in [0.2, 0.25) is 5.82 Å². The summed E-state index contributed by atoms with van der Waals surface area (Å²) in [4.78, 5) is 20.6. The van der Waals surface area contributed by atoms with Crippen LogP contribution in [0.15, 0.2) is 18.2 Å². The van der Waals surface area contributed by atoms with Gasteiger partial charge in [0, 0.05) is 6.07 Å². The predicted octanol–water partition coefficient (Wildman–Crippen LogP) is 1.76. The Hall–Kier alpha value is -2.03. The fraction of sp³-hybridized carbons (Fsp3) is 0.417. The summed E-state index contributed by atoms with van der Waals surface area (Å²) in [6.45, 7) is 2.90. The second-order valence-electron chi connectivity index (χ2n) is 4.85. The van der Waals surface area contributed by atoms with Gasteiger partial charge < -0.3 is 5.11 Å². The van der Waals surface area contributed by atoms with E-state index in [4.69, 9.17) is 5.11 Å². The Labute approximate surface area is 120 Å². The molecule has 0 saturated carbocycles. The van der Waals surface area contributed by atoms with E-state index in [9.17, 15) is 27.7 Å². The molecule has 1 atom stereocenters. The summed E-state index contributed by atoms with van der Waals surface area (Å²) in [5.74, 6) is -4.00. The van der Waals surface area contributed by atoms with E-state index in [0.717, 1.165) is 18.2 Å². The minimum atomic E-state index is -4.06. The molecule has 0 aromatic heterocycles. The molecule has 1 rings (SSSR count). The number of nitrogens with zero attached hydrogens (tertiary/aromatic N) is 1. The summed E-state index contributed by atoms with van der Waals surface area (Å²) in [7, 11) is -4.06. The number of nitro benzene ring substituents is 1. The number of carbonyl (C=O) groups is 1. The van der Waals surface area contributed by atoms with E-state index in [2.05, 4.69) is 0 Å². The number of carboxylic acids is 1. The van der Waals surface area contributed by atoms with E-state index in [-0.39, 0.29) is 5.56 Å². The maximum Gasteiger partial charge on any atom is 0.322 e. The smallest absolute Gasteiger partial charge is 0.322 e. The number of benzene rings is 1. The van der Waals surface area contributed by atoms with Crippen LogP contribution in [0.3, 0.4) is 0 Å². The maximum atomic E-state index is 13.4. The van der Waals surface area contributed by atoms with E-state index < -0.39 is 49.2 Å². The largest absolute Gasteiger partial charge is 0.480 e.